The number of anilines is 1. The van der Waals surface area contributed by atoms with Gasteiger partial charge in [-0.05, 0) is 50.5 Å². The summed E-state index contributed by atoms with van der Waals surface area (Å²) < 4.78 is 41.7. The number of piperazine rings is 1. The van der Waals surface area contributed by atoms with E-state index in [-0.39, 0.29) is 11.6 Å². The lowest BCUT2D eigenvalue weighted by molar-refractivity contribution is 0.384. The molecule has 1 saturated carbocycles. The van der Waals surface area contributed by atoms with Gasteiger partial charge >= 0.3 is 0 Å². The summed E-state index contributed by atoms with van der Waals surface area (Å²) in [7, 11) is -3.21. The number of hydrogen-bond donors (Lipinski definition) is 0. The smallest absolute Gasteiger partial charge is 0.214 e. The Balaban J connectivity index is 1.54. The molecule has 8 nitrogen and oxygen atoms in total. The fourth-order valence-electron chi connectivity index (χ4n) is 4.26. The first-order valence-corrected chi connectivity index (χ1v) is 12.7. The zero-order valence-electron chi connectivity index (χ0n) is 18.3. The molecular formula is C22H27FN6O2S. The molecule has 0 radical (unpaired) electrons. The summed E-state index contributed by atoms with van der Waals surface area (Å²) in [6.07, 6.45) is 2.75. The number of benzene rings is 1. The standard InChI is InChI=1S/C22H27FN6O2S/c1-3-14-32(30,31)28-12-10-27(11-13-28)21-19-15(2)26-29(18-8-6-17(23)7-9-18)22(19)25-20(24-21)16-4-5-16/h6-9,16H,3-5,10-14H2,1-2H3. The molecule has 0 amide bonds. The van der Waals surface area contributed by atoms with Crippen LogP contribution in [0.15, 0.2) is 24.3 Å². The van der Waals surface area contributed by atoms with Crippen LogP contribution >= 0.6 is 0 Å². The van der Waals surface area contributed by atoms with Crippen molar-refractivity contribution in [3.63, 3.8) is 0 Å². The molecular weight excluding hydrogens is 431 g/mol. The Hall–Kier alpha value is -2.59. The zero-order chi connectivity index (χ0) is 22.5. The molecule has 2 aromatic heterocycles. The van der Waals surface area contributed by atoms with E-state index in [0.29, 0.717) is 44.2 Å². The molecule has 32 heavy (non-hydrogen) atoms. The first kappa shape index (κ1) is 21.3. The Morgan fingerprint density at radius 3 is 2.38 bits per heavy atom. The van der Waals surface area contributed by atoms with Crippen molar-refractivity contribution in [1.29, 1.82) is 0 Å². The largest absolute Gasteiger partial charge is 0.353 e. The van der Waals surface area contributed by atoms with Gasteiger partial charge in [-0.1, -0.05) is 6.92 Å². The lowest BCUT2D eigenvalue weighted by Gasteiger charge is -2.35. The first-order chi connectivity index (χ1) is 15.4. The van der Waals surface area contributed by atoms with E-state index in [1.165, 1.54) is 12.1 Å². The Kier molecular flexibility index (Phi) is 5.37. The van der Waals surface area contributed by atoms with E-state index in [1.807, 2.05) is 13.8 Å². The number of hydrogen-bond acceptors (Lipinski definition) is 6. The lowest BCUT2D eigenvalue weighted by atomic mass is 10.2. The van der Waals surface area contributed by atoms with Gasteiger partial charge in [-0.3, -0.25) is 0 Å². The van der Waals surface area contributed by atoms with Crippen LogP contribution in [0.25, 0.3) is 16.7 Å². The fourth-order valence-corrected chi connectivity index (χ4v) is 5.75. The van der Waals surface area contributed by atoms with Gasteiger partial charge < -0.3 is 4.90 Å². The molecule has 2 aliphatic rings. The topological polar surface area (TPSA) is 84.2 Å². The molecule has 0 atom stereocenters. The number of aromatic nitrogens is 4. The molecule has 0 spiro atoms. The van der Waals surface area contributed by atoms with Crippen molar-refractivity contribution < 1.29 is 12.8 Å². The SMILES string of the molecule is CCCS(=O)(=O)N1CCN(c2nc(C3CC3)nc3c2c(C)nn3-c2ccc(F)cc2)CC1. The Bertz CT molecular complexity index is 1250. The molecule has 170 valence electrons. The molecule has 0 unspecified atom stereocenters. The summed E-state index contributed by atoms with van der Waals surface area (Å²) in [5.41, 5.74) is 2.25. The van der Waals surface area contributed by atoms with Gasteiger partial charge in [0.15, 0.2) is 5.65 Å². The van der Waals surface area contributed by atoms with Crippen molar-refractivity contribution in [3.8, 4) is 5.69 Å². The molecule has 3 aromatic rings. The predicted octanol–water partition coefficient (Wildman–Crippen LogP) is 3.00. The van der Waals surface area contributed by atoms with Gasteiger partial charge in [0.25, 0.3) is 0 Å². The van der Waals surface area contributed by atoms with Gasteiger partial charge in [0, 0.05) is 32.1 Å². The van der Waals surface area contributed by atoms with E-state index in [4.69, 9.17) is 15.1 Å². The highest BCUT2D eigenvalue weighted by molar-refractivity contribution is 7.89. The highest BCUT2D eigenvalue weighted by Crippen LogP contribution is 2.40. The minimum absolute atomic E-state index is 0.181. The maximum Gasteiger partial charge on any atom is 0.214 e. The second-order valence-corrected chi connectivity index (χ2v) is 10.6. The maximum atomic E-state index is 13.5. The summed E-state index contributed by atoms with van der Waals surface area (Å²) in [4.78, 5) is 11.9. The third-order valence-electron chi connectivity index (χ3n) is 6.11. The van der Waals surface area contributed by atoms with Gasteiger partial charge in [-0.15, -0.1) is 0 Å². The third kappa shape index (κ3) is 3.86. The van der Waals surface area contributed by atoms with Crippen LogP contribution in [-0.2, 0) is 10.0 Å². The van der Waals surface area contributed by atoms with Crippen LogP contribution in [-0.4, -0.2) is 64.4 Å². The van der Waals surface area contributed by atoms with Crippen LogP contribution in [0.4, 0.5) is 10.2 Å². The molecule has 3 heterocycles. The minimum Gasteiger partial charge on any atom is -0.353 e. The Morgan fingerprint density at radius 1 is 1.06 bits per heavy atom. The molecule has 5 rings (SSSR count). The number of nitrogens with zero attached hydrogens (tertiary/aromatic N) is 6. The average Bonchev–Trinajstić information content (AvgIpc) is 3.58. The Morgan fingerprint density at radius 2 is 1.75 bits per heavy atom. The van der Waals surface area contributed by atoms with E-state index >= 15 is 0 Å². The van der Waals surface area contributed by atoms with Crippen molar-refractivity contribution in [2.24, 2.45) is 0 Å². The highest BCUT2D eigenvalue weighted by Gasteiger charge is 2.32. The molecule has 1 aliphatic heterocycles. The Labute approximate surface area is 187 Å². The van der Waals surface area contributed by atoms with Gasteiger partial charge in [0.1, 0.15) is 17.5 Å². The average molecular weight is 459 g/mol. The molecule has 0 N–H and O–H groups in total. The summed E-state index contributed by atoms with van der Waals surface area (Å²) in [5.74, 6) is 1.85. The first-order valence-electron chi connectivity index (χ1n) is 11.1. The molecule has 10 heteroatoms. The van der Waals surface area contributed by atoms with Gasteiger partial charge in [-0.25, -0.2) is 27.5 Å². The lowest BCUT2D eigenvalue weighted by Crippen LogP contribution is -2.49. The zero-order valence-corrected chi connectivity index (χ0v) is 19.1. The van der Waals surface area contributed by atoms with Crippen molar-refractivity contribution in [2.75, 3.05) is 36.8 Å². The number of rotatable bonds is 6. The fraction of sp³-hybridized carbons (Fsp3) is 0.500. The second kappa shape index (κ2) is 8.08. The number of aryl methyl sites for hydroxylation is 1. The van der Waals surface area contributed by atoms with E-state index in [1.54, 1.807) is 21.1 Å². The van der Waals surface area contributed by atoms with Crippen molar-refractivity contribution in [3.05, 3.63) is 41.6 Å². The van der Waals surface area contributed by atoms with Crippen LogP contribution in [0, 0.1) is 12.7 Å². The summed E-state index contributed by atoms with van der Waals surface area (Å²) in [6, 6.07) is 6.21. The molecule has 1 aliphatic carbocycles. The second-order valence-electron chi connectivity index (χ2n) is 8.55. The van der Waals surface area contributed by atoms with Crippen LogP contribution in [0.5, 0.6) is 0 Å². The van der Waals surface area contributed by atoms with Crippen molar-refractivity contribution >= 4 is 26.9 Å². The monoisotopic (exact) mass is 458 g/mol. The minimum atomic E-state index is -3.21. The molecule has 2 fully saturated rings. The van der Waals surface area contributed by atoms with Crippen LogP contribution < -0.4 is 4.90 Å². The van der Waals surface area contributed by atoms with Crippen LogP contribution in [0.3, 0.4) is 0 Å². The molecule has 0 bridgehead atoms. The van der Waals surface area contributed by atoms with Gasteiger partial charge in [0.2, 0.25) is 10.0 Å². The predicted molar refractivity (Wildman–Crippen MR) is 121 cm³/mol. The normalized spacial score (nSPS) is 17.9. The van der Waals surface area contributed by atoms with Gasteiger partial charge in [-0.2, -0.15) is 9.40 Å². The van der Waals surface area contributed by atoms with E-state index in [9.17, 15) is 12.8 Å². The molecule has 1 aromatic carbocycles. The number of sulfonamides is 1. The third-order valence-corrected chi connectivity index (χ3v) is 8.18. The highest BCUT2D eigenvalue weighted by atomic mass is 32.2. The van der Waals surface area contributed by atoms with E-state index < -0.39 is 10.0 Å². The number of fused-ring (bicyclic) bond motifs is 1. The van der Waals surface area contributed by atoms with Crippen molar-refractivity contribution in [2.45, 2.75) is 39.0 Å². The summed E-state index contributed by atoms with van der Waals surface area (Å²) in [5, 5.41) is 5.57. The van der Waals surface area contributed by atoms with Crippen molar-refractivity contribution in [1.82, 2.24) is 24.1 Å². The van der Waals surface area contributed by atoms with E-state index in [2.05, 4.69) is 4.90 Å². The maximum absolute atomic E-state index is 13.5. The quantitative estimate of drug-likeness (QED) is 0.565. The van der Waals surface area contributed by atoms with E-state index in [0.717, 1.165) is 41.3 Å². The van der Waals surface area contributed by atoms with Gasteiger partial charge in [0.05, 0.1) is 22.5 Å². The molecule has 1 saturated heterocycles. The number of halogens is 1. The summed E-state index contributed by atoms with van der Waals surface area (Å²) in [6.45, 7) is 5.83. The van der Waals surface area contributed by atoms with Crippen LogP contribution in [0.2, 0.25) is 0 Å². The summed E-state index contributed by atoms with van der Waals surface area (Å²) >= 11 is 0. The van der Waals surface area contributed by atoms with Crippen LogP contribution in [0.1, 0.15) is 43.6 Å².